The Hall–Kier alpha value is -1.42. The molecule has 0 amide bonds. The highest BCUT2D eigenvalue weighted by Crippen LogP contribution is 2.19. The molecule has 4 heteroatoms. The Morgan fingerprint density at radius 3 is 2.88 bits per heavy atom. The SMILES string of the molecule is CCCCC(=O)c1ccc2c(c1)sc(=O)n2C. The van der Waals surface area contributed by atoms with Crippen molar-refractivity contribution in [2.75, 3.05) is 0 Å². The zero-order chi connectivity index (χ0) is 12.4. The topological polar surface area (TPSA) is 39.1 Å². The summed E-state index contributed by atoms with van der Waals surface area (Å²) in [6, 6.07) is 5.50. The van der Waals surface area contributed by atoms with Gasteiger partial charge in [-0.15, -0.1) is 0 Å². The monoisotopic (exact) mass is 249 g/mol. The van der Waals surface area contributed by atoms with Gasteiger partial charge in [0.05, 0.1) is 10.2 Å². The highest BCUT2D eigenvalue weighted by Gasteiger charge is 2.09. The summed E-state index contributed by atoms with van der Waals surface area (Å²) >= 11 is 1.19. The van der Waals surface area contributed by atoms with E-state index in [1.165, 1.54) is 11.3 Å². The van der Waals surface area contributed by atoms with E-state index >= 15 is 0 Å². The number of thiazole rings is 1. The normalized spacial score (nSPS) is 10.9. The molecule has 0 N–H and O–H groups in total. The van der Waals surface area contributed by atoms with E-state index < -0.39 is 0 Å². The zero-order valence-corrected chi connectivity index (χ0v) is 10.8. The number of benzene rings is 1. The van der Waals surface area contributed by atoms with E-state index in [0.717, 1.165) is 23.1 Å². The third-order valence-electron chi connectivity index (χ3n) is 2.87. The quantitative estimate of drug-likeness (QED) is 0.781. The van der Waals surface area contributed by atoms with Crippen LogP contribution < -0.4 is 4.87 Å². The molecule has 0 bridgehead atoms. The lowest BCUT2D eigenvalue weighted by molar-refractivity contribution is 0.0980. The van der Waals surface area contributed by atoms with Crippen LogP contribution in [0.5, 0.6) is 0 Å². The van der Waals surface area contributed by atoms with Crippen LogP contribution in [0.2, 0.25) is 0 Å². The maximum absolute atomic E-state index is 11.9. The molecule has 0 saturated heterocycles. The number of Topliss-reactive ketones (excluding diaryl/α,β-unsaturated/α-hetero) is 1. The Morgan fingerprint density at radius 1 is 1.41 bits per heavy atom. The number of hydrogen-bond donors (Lipinski definition) is 0. The Bertz CT molecular complexity index is 609. The average molecular weight is 249 g/mol. The lowest BCUT2D eigenvalue weighted by atomic mass is 10.1. The molecule has 0 saturated carbocycles. The summed E-state index contributed by atoms with van der Waals surface area (Å²) in [4.78, 5) is 23.4. The van der Waals surface area contributed by atoms with Gasteiger partial charge in [0.1, 0.15) is 0 Å². The van der Waals surface area contributed by atoms with Crippen LogP contribution in [0.15, 0.2) is 23.0 Å². The molecule has 0 radical (unpaired) electrons. The predicted octanol–water partition coefficient (Wildman–Crippen LogP) is 2.97. The summed E-state index contributed by atoms with van der Waals surface area (Å²) in [5.41, 5.74) is 1.61. The van der Waals surface area contributed by atoms with E-state index in [9.17, 15) is 9.59 Å². The van der Waals surface area contributed by atoms with Crippen molar-refractivity contribution >= 4 is 27.3 Å². The molecule has 2 rings (SSSR count). The Morgan fingerprint density at radius 2 is 2.18 bits per heavy atom. The van der Waals surface area contributed by atoms with Crippen molar-refractivity contribution in [1.82, 2.24) is 4.57 Å². The number of carbonyl (C=O) groups is 1. The van der Waals surface area contributed by atoms with Gasteiger partial charge in [0, 0.05) is 19.0 Å². The molecule has 1 heterocycles. The molecule has 0 atom stereocenters. The molecule has 0 aliphatic heterocycles. The molecule has 1 aromatic carbocycles. The van der Waals surface area contributed by atoms with Crippen molar-refractivity contribution in [2.24, 2.45) is 7.05 Å². The first kappa shape index (κ1) is 12.0. The number of fused-ring (bicyclic) bond motifs is 1. The lowest BCUT2D eigenvalue weighted by Gasteiger charge is -2.00. The van der Waals surface area contributed by atoms with E-state index in [2.05, 4.69) is 6.92 Å². The molecule has 0 aliphatic carbocycles. The number of rotatable bonds is 4. The number of unbranched alkanes of at least 4 members (excludes halogenated alkanes) is 1. The van der Waals surface area contributed by atoms with Crippen LogP contribution in [0, 0.1) is 0 Å². The van der Waals surface area contributed by atoms with Crippen LogP contribution in [0.4, 0.5) is 0 Å². The molecule has 0 fully saturated rings. The summed E-state index contributed by atoms with van der Waals surface area (Å²) in [6.45, 7) is 2.07. The van der Waals surface area contributed by atoms with Gasteiger partial charge in [0.25, 0.3) is 0 Å². The molecule has 1 aromatic heterocycles. The highest BCUT2D eigenvalue weighted by molar-refractivity contribution is 7.16. The number of ketones is 1. The van der Waals surface area contributed by atoms with Gasteiger partial charge in [-0.05, 0) is 24.6 Å². The summed E-state index contributed by atoms with van der Waals surface area (Å²) in [5.74, 6) is 0.164. The van der Waals surface area contributed by atoms with Gasteiger partial charge in [0.2, 0.25) is 0 Å². The van der Waals surface area contributed by atoms with Crippen LogP contribution in [0.3, 0.4) is 0 Å². The molecule has 0 aliphatic rings. The largest absolute Gasteiger partial charge is 0.307 e. The van der Waals surface area contributed by atoms with Crippen molar-refractivity contribution in [3.05, 3.63) is 33.4 Å². The first-order valence-electron chi connectivity index (χ1n) is 5.76. The number of hydrogen-bond acceptors (Lipinski definition) is 3. The Labute approximate surface area is 104 Å². The summed E-state index contributed by atoms with van der Waals surface area (Å²) in [7, 11) is 1.75. The maximum Gasteiger partial charge on any atom is 0.307 e. The second kappa shape index (κ2) is 4.84. The minimum Gasteiger partial charge on any atom is -0.302 e. The van der Waals surface area contributed by atoms with E-state index in [0.29, 0.717) is 12.0 Å². The fourth-order valence-corrected chi connectivity index (χ4v) is 2.71. The van der Waals surface area contributed by atoms with Crippen molar-refractivity contribution in [1.29, 1.82) is 0 Å². The second-order valence-electron chi connectivity index (χ2n) is 4.14. The predicted molar refractivity (Wildman–Crippen MR) is 70.9 cm³/mol. The lowest BCUT2D eigenvalue weighted by Crippen LogP contribution is -2.06. The van der Waals surface area contributed by atoms with E-state index in [1.807, 2.05) is 18.2 Å². The summed E-state index contributed by atoms with van der Waals surface area (Å²) < 4.78 is 2.50. The first-order chi connectivity index (χ1) is 8.13. The highest BCUT2D eigenvalue weighted by atomic mass is 32.1. The van der Waals surface area contributed by atoms with Gasteiger partial charge < -0.3 is 4.57 Å². The number of carbonyl (C=O) groups excluding carboxylic acids is 1. The Balaban J connectivity index is 2.38. The molecule has 17 heavy (non-hydrogen) atoms. The van der Waals surface area contributed by atoms with Crippen molar-refractivity contribution in [3.8, 4) is 0 Å². The third kappa shape index (κ3) is 2.31. The van der Waals surface area contributed by atoms with Crippen LogP contribution in [0.25, 0.3) is 10.2 Å². The molecule has 90 valence electrons. The number of nitrogens with zero attached hydrogens (tertiary/aromatic N) is 1. The summed E-state index contributed by atoms with van der Waals surface area (Å²) in [5, 5.41) is 0. The molecule has 0 unspecified atom stereocenters. The van der Waals surface area contributed by atoms with Crippen LogP contribution >= 0.6 is 11.3 Å². The van der Waals surface area contributed by atoms with Crippen molar-refractivity contribution in [2.45, 2.75) is 26.2 Å². The van der Waals surface area contributed by atoms with Crippen LogP contribution in [0.1, 0.15) is 36.5 Å². The Kier molecular flexibility index (Phi) is 3.43. The number of aromatic nitrogens is 1. The van der Waals surface area contributed by atoms with Gasteiger partial charge in [-0.1, -0.05) is 24.7 Å². The van der Waals surface area contributed by atoms with E-state index in [1.54, 1.807) is 11.6 Å². The maximum atomic E-state index is 11.9. The average Bonchev–Trinajstić information content (AvgIpc) is 2.61. The van der Waals surface area contributed by atoms with Gasteiger partial charge in [-0.25, -0.2) is 0 Å². The fourth-order valence-electron chi connectivity index (χ4n) is 1.79. The second-order valence-corrected chi connectivity index (χ2v) is 5.13. The third-order valence-corrected chi connectivity index (χ3v) is 3.87. The van der Waals surface area contributed by atoms with Gasteiger partial charge in [0.15, 0.2) is 5.78 Å². The van der Waals surface area contributed by atoms with Gasteiger partial charge in [-0.3, -0.25) is 9.59 Å². The minimum absolute atomic E-state index is 0.0122. The smallest absolute Gasteiger partial charge is 0.302 e. The fraction of sp³-hybridized carbons (Fsp3) is 0.385. The molecule has 0 spiro atoms. The molecular weight excluding hydrogens is 234 g/mol. The minimum atomic E-state index is 0.0122. The van der Waals surface area contributed by atoms with E-state index in [4.69, 9.17) is 0 Å². The first-order valence-corrected chi connectivity index (χ1v) is 6.58. The van der Waals surface area contributed by atoms with Crippen LogP contribution in [-0.4, -0.2) is 10.4 Å². The zero-order valence-electron chi connectivity index (χ0n) is 10.0. The molecular formula is C13H15NO2S. The van der Waals surface area contributed by atoms with E-state index in [-0.39, 0.29) is 10.7 Å². The van der Waals surface area contributed by atoms with Crippen molar-refractivity contribution in [3.63, 3.8) is 0 Å². The van der Waals surface area contributed by atoms with Crippen LogP contribution in [-0.2, 0) is 7.05 Å². The molecule has 2 aromatic rings. The van der Waals surface area contributed by atoms with Gasteiger partial charge in [-0.2, -0.15) is 0 Å². The molecule has 3 nitrogen and oxygen atoms in total. The standard InChI is InChI=1S/C13H15NO2S/c1-3-4-5-11(15)9-6-7-10-12(8-9)17-13(16)14(10)2/h6-8H,3-5H2,1-2H3. The van der Waals surface area contributed by atoms with Crippen molar-refractivity contribution < 1.29 is 4.79 Å². The summed E-state index contributed by atoms with van der Waals surface area (Å²) in [6.07, 6.45) is 2.53. The number of aryl methyl sites for hydroxylation is 1. The van der Waals surface area contributed by atoms with Gasteiger partial charge >= 0.3 is 4.87 Å².